The number of aromatic nitrogens is 2. The predicted octanol–water partition coefficient (Wildman–Crippen LogP) is 3.97. The first-order valence-corrected chi connectivity index (χ1v) is 9.34. The second-order valence-corrected chi connectivity index (χ2v) is 6.99. The summed E-state index contributed by atoms with van der Waals surface area (Å²) in [6, 6.07) is 14.2. The summed E-state index contributed by atoms with van der Waals surface area (Å²) in [6.45, 7) is 7.45. The predicted molar refractivity (Wildman–Crippen MR) is 108 cm³/mol. The molecule has 1 atom stereocenters. The van der Waals surface area contributed by atoms with Crippen LogP contribution < -0.4 is 10.1 Å². The number of ether oxygens (including phenoxy) is 1. The Kier molecular flexibility index (Phi) is 5.79. The summed E-state index contributed by atoms with van der Waals surface area (Å²) >= 11 is 0. The molecular weight excluding hydrogens is 338 g/mol. The van der Waals surface area contributed by atoms with Crippen LogP contribution in [0.25, 0.3) is 10.8 Å². The molecule has 0 saturated heterocycles. The van der Waals surface area contributed by atoms with Gasteiger partial charge in [0.2, 0.25) is 5.91 Å². The molecule has 5 heteroatoms. The number of methoxy groups -OCH3 is 1. The van der Waals surface area contributed by atoms with Gasteiger partial charge in [0.05, 0.1) is 18.7 Å². The third kappa shape index (κ3) is 4.48. The molecule has 0 bridgehead atoms. The number of hydrogen-bond acceptors (Lipinski definition) is 3. The van der Waals surface area contributed by atoms with E-state index >= 15 is 0 Å². The van der Waals surface area contributed by atoms with Crippen LogP contribution in [0.3, 0.4) is 0 Å². The average molecular weight is 365 g/mol. The van der Waals surface area contributed by atoms with Gasteiger partial charge in [-0.05, 0) is 61.7 Å². The summed E-state index contributed by atoms with van der Waals surface area (Å²) in [5.74, 6) is 0.699. The van der Waals surface area contributed by atoms with E-state index in [0.717, 1.165) is 46.4 Å². The van der Waals surface area contributed by atoms with Crippen LogP contribution in [0.1, 0.15) is 36.2 Å². The molecule has 0 aliphatic heterocycles. The van der Waals surface area contributed by atoms with Crippen LogP contribution in [0.5, 0.6) is 5.75 Å². The van der Waals surface area contributed by atoms with Crippen molar-refractivity contribution in [3.8, 4) is 5.75 Å². The Labute approximate surface area is 160 Å². The molecular formula is C22H27N3O2. The van der Waals surface area contributed by atoms with E-state index in [1.54, 1.807) is 7.11 Å². The van der Waals surface area contributed by atoms with Gasteiger partial charge in [0.25, 0.3) is 0 Å². The fourth-order valence-corrected chi connectivity index (χ4v) is 3.28. The van der Waals surface area contributed by atoms with Gasteiger partial charge in [-0.2, -0.15) is 5.10 Å². The highest BCUT2D eigenvalue weighted by Gasteiger charge is 2.15. The highest BCUT2D eigenvalue weighted by molar-refractivity contribution is 5.88. The van der Waals surface area contributed by atoms with Crippen molar-refractivity contribution in [2.75, 3.05) is 13.7 Å². The number of aryl methyl sites for hydroxylation is 3. The van der Waals surface area contributed by atoms with Gasteiger partial charge in [0.1, 0.15) is 5.75 Å². The molecule has 1 aromatic heterocycles. The number of nitrogens with one attached hydrogen (secondary N) is 1. The lowest BCUT2D eigenvalue weighted by Gasteiger charge is -2.14. The summed E-state index contributed by atoms with van der Waals surface area (Å²) in [7, 11) is 1.66. The molecule has 0 aliphatic rings. The third-order valence-corrected chi connectivity index (χ3v) is 4.91. The number of carbonyl (C=O) groups is 1. The molecule has 0 saturated carbocycles. The van der Waals surface area contributed by atoms with Gasteiger partial charge in [-0.25, -0.2) is 0 Å². The number of fused-ring (bicyclic) bond motifs is 1. The molecule has 142 valence electrons. The molecule has 1 N–H and O–H groups in total. The van der Waals surface area contributed by atoms with Crippen LogP contribution in [0.2, 0.25) is 0 Å². The van der Waals surface area contributed by atoms with Crippen molar-refractivity contribution in [2.24, 2.45) is 0 Å². The summed E-state index contributed by atoms with van der Waals surface area (Å²) < 4.78 is 7.25. The molecule has 1 heterocycles. The van der Waals surface area contributed by atoms with E-state index in [4.69, 9.17) is 4.74 Å². The van der Waals surface area contributed by atoms with E-state index < -0.39 is 0 Å². The Bertz CT molecular complexity index is 946. The summed E-state index contributed by atoms with van der Waals surface area (Å²) in [5.41, 5.74) is 3.20. The Morgan fingerprint density at radius 1 is 1.15 bits per heavy atom. The first-order chi connectivity index (χ1) is 13.0. The minimum atomic E-state index is -0.190. The fourth-order valence-electron chi connectivity index (χ4n) is 3.28. The Morgan fingerprint density at radius 3 is 2.59 bits per heavy atom. The topological polar surface area (TPSA) is 56.1 Å². The lowest BCUT2D eigenvalue weighted by Crippen LogP contribution is -2.29. The largest absolute Gasteiger partial charge is 0.497 e. The van der Waals surface area contributed by atoms with Crippen molar-refractivity contribution in [2.45, 2.75) is 39.7 Å². The molecule has 2 aromatic carbocycles. The lowest BCUT2D eigenvalue weighted by atomic mass is 9.97. The number of nitrogens with zero attached hydrogens (tertiary/aromatic N) is 2. The van der Waals surface area contributed by atoms with Crippen LogP contribution in [0, 0.1) is 13.8 Å². The highest BCUT2D eigenvalue weighted by atomic mass is 16.5. The average Bonchev–Trinajstić information content (AvgIpc) is 3.00. The molecule has 1 amide bonds. The second-order valence-electron chi connectivity index (χ2n) is 6.99. The molecule has 3 rings (SSSR count). The lowest BCUT2D eigenvalue weighted by molar-refractivity contribution is -0.122. The summed E-state index contributed by atoms with van der Waals surface area (Å²) in [5, 5.41) is 9.71. The molecule has 1 unspecified atom stereocenters. The normalized spacial score (nSPS) is 12.1. The molecule has 27 heavy (non-hydrogen) atoms. The van der Waals surface area contributed by atoms with Crippen LogP contribution in [0.4, 0.5) is 0 Å². The van der Waals surface area contributed by atoms with Gasteiger partial charge in [-0.3, -0.25) is 9.48 Å². The van der Waals surface area contributed by atoms with Crippen molar-refractivity contribution in [1.29, 1.82) is 0 Å². The molecule has 0 spiro atoms. The van der Waals surface area contributed by atoms with Crippen molar-refractivity contribution < 1.29 is 9.53 Å². The van der Waals surface area contributed by atoms with Crippen molar-refractivity contribution >= 4 is 16.7 Å². The van der Waals surface area contributed by atoms with E-state index in [0.29, 0.717) is 6.54 Å². The second kappa shape index (κ2) is 8.25. The SMILES string of the molecule is COc1ccc2cc(C(C)C(=O)NCCCn3nc(C)cc3C)ccc2c1. The Morgan fingerprint density at radius 2 is 1.89 bits per heavy atom. The van der Waals surface area contributed by atoms with E-state index in [9.17, 15) is 4.79 Å². The van der Waals surface area contributed by atoms with Gasteiger partial charge in [-0.1, -0.05) is 24.3 Å². The number of rotatable bonds is 7. The van der Waals surface area contributed by atoms with E-state index in [-0.39, 0.29) is 11.8 Å². The monoisotopic (exact) mass is 365 g/mol. The molecule has 5 nitrogen and oxygen atoms in total. The van der Waals surface area contributed by atoms with Gasteiger partial charge in [0.15, 0.2) is 0 Å². The quantitative estimate of drug-likeness (QED) is 0.645. The number of benzene rings is 2. The smallest absolute Gasteiger partial charge is 0.227 e. The highest BCUT2D eigenvalue weighted by Crippen LogP contribution is 2.25. The van der Waals surface area contributed by atoms with Crippen LogP contribution in [-0.4, -0.2) is 29.3 Å². The number of amides is 1. The zero-order chi connectivity index (χ0) is 19.4. The van der Waals surface area contributed by atoms with Crippen molar-refractivity contribution in [3.05, 3.63) is 59.4 Å². The summed E-state index contributed by atoms with van der Waals surface area (Å²) in [6.07, 6.45) is 0.859. The summed E-state index contributed by atoms with van der Waals surface area (Å²) in [4.78, 5) is 12.5. The third-order valence-electron chi connectivity index (χ3n) is 4.91. The van der Waals surface area contributed by atoms with Gasteiger partial charge >= 0.3 is 0 Å². The standard InChI is InChI=1S/C22H27N3O2/c1-15-12-16(2)25(24-15)11-5-10-23-22(26)17(3)18-6-7-20-14-21(27-4)9-8-19(20)13-18/h6-9,12-14,17H,5,10-11H2,1-4H3,(H,23,26). The maximum Gasteiger partial charge on any atom is 0.227 e. The zero-order valence-corrected chi connectivity index (χ0v) is 16.5. The van der Waals surface area contributed by atoms with Crippen LogP contribution in [0.15, 0.2) is 42.5 Å². The Balaban J connectivity index is 1.56. The minimum Gasteiger partial charge on any atom is -0.497 e. The molecule has 0 radical (unpaired) electrons. The molecule has 0 aliphatic carbocycles. The zero-order valence-electron chi connectivity index (χ0n) is 16.5. The van der Waals surface area contributed by atoms with Crippen molar-refractivity contribution in [3.63, 3.8) is 0 Å². The maximum atomic E-state index is 12.5. The van der Waals surface area contributed by atoms with Gasteiger partial charge in [-0.15, -0.1) is 0 Å². The van der Waals surface area contributed by atoms with Gasteiger partial charge < -0.3 is 10.1 Å². The van der Waals surface area contributed by atoms with Crippen molar-refractivity contribution in [1.82, 2.24) is 15.1 Å². The van der Waals surface area contributed by atoms with Gasteiger partial charge in [0, 0.05) is 18.8 Å². The fraction of sp³-hybridized carbons (Fsp3) is 0.364. The first-order valence-electron chi connectivity index (χ1n) is 9.34. The van der Waals surface area contributed by atoms with E-state index in [1.165, 1.54) is 0 Å². The minimum absolute atomic E-state index is 0.0521. The molecule has 3 aromatic rings. The van der Waals surface area contributed by atoms with E-state index in [2.05, 4.69) is 29.5 Å². The Hall–Kier alpha value is -2.82. The van der Waals surface area contributed by atoms with Crippen LogP contribution >= 0.6 is 0 Å². The first kappa shape index (κ1) is 19.0. The number of carbonyl (C=O) groups excluding carboxylic acids is 1. The number of hydrogen-bond donors (Lipinski definition) is 1. The maximum absolute atomic E-state index is 12.5. The molecule has 0 fully saturated rings. The van der Waals surface area contributed by atoms with E-state index in [1.807, 2.05) is 48.9 Å². The van der Waals surface area contributed by atoms with Crippen LogP contribution in [-0.2, 0) is 11.3 Å².